The van der Waals surface area contributed by atoms with Gasteiger partial charge in [0.25, 0.3) is 0 Å². The van der Waals surface area contributed by atoms with Crippen LogP contribution in [0.3, 0.4) is 0 Å². The van der Waals surface area contributed by atoms with Crippen LogP contribution in [0.4, 0.5) is 5.69 Å². The van der Waals surface area contributed by atoms with Gasteiger partial charge in [-0.1, -0.05) is 19.1 Å². The number of carbonyl (C=O) groups is 1. The second-order valence-electron chi connectivity index (χ2n) is 5.02. The lowest BCUT2D eigenvalue weighted by Crippen LogP contribution is -2.11. The number of rotatable bonds is 8. The number of sulfone groups is 1. The Bertz CT molecular complexity index is 554. The van der Waals surface area contributed by atoms with Crippen molar-refractivity contribution in [2.45, 2.75) is 31.1 Å². The Morgan fingerprint density at radius 2 is 1.95 bits per heavy atom. The van der Waals surface area contributed by atoms with Crippen LogP contribution in [-0.4, -0.2) is 32.3 Å². The van der Waals surface area contributed by atoms with E-state index in [0.29, 0.717) is 18.7 Å². The first-order valence-electron chi connectivity index (χ1n) is 6.55. The van der Waals surface area contributed by atoms with Crippen LogP contribution in [-0.2, 0) is 14.6 Å². The summed E-state index contributed by atoms with van der Waals surface area (Å²) in [5.41, 5.74) is 0.598. The number of benzene rings is 1. The highest BCUT2D eigenvalue weighted by molar-refractivity contribution is 7.90. The van der Waals surface area contributed by atoms with Crippen LogP contribution in [0.2, 0.25) is 0 Å². The Balaban J connectivity index is 2.53. The molecule has 1 atom stereocenters. The van der Waals surface area contributed by atoms with E-state index in [1.165, 1.54) is 6.26 Å². The third-order valence-electron chi connectivity index (χ3n) is 3.09. The minimum absolute atomic E-state index is 0.168. The topological polar surface area (TPSA) is 83.5 Å². The van der Waals surface area contributed by atoms with E-state index in [4.69, 9.17) is 5.11 Å². The normalized spacial score (nSPS) is 12.9. The van der Waals surface area contributed by atoms with Gasteiger partial charge in [0.05, 0.1) is 10.6 Å². The Hall–Kier alpha value is -1.56. The van der Waals surface area contributed by atoms with Crippen LogP contribution in [0.5, 0.6) is 0 Å². The minimum Gasteiger partial charge on any atom is -0.481 e. The molecule has 2 N–H and O–H groups in total. The van der Waals surface area contributed by atoms with E-state index < -0.39 is 15.8 Å². The first kappa shape index (κ1) is 16.5. The molecule has 0 bridgehead atoms. The molecule has 5 nitrogen and oxygen atoms in total. The molecule has 0 spiro atoms. The molecule has 0 fully saturated rings. The van der Waals surface area contributed by atoms with Gasteiger partial charge in [-0.2, -0.15) is 0 Å². The molecule has 0 radical (unpaired) electrons. The van der Waals surface area contributed by atoms with Crippen molar-refractivity contribution in [3.05, 3.63) is 24.3 Å². The Labute approximate surface area is 119 Å². The minimum atomic E-state index is -3.25. The molecule has 112 valence electrons. The molecular formula is C14H21NO4S. The van der Waals surface area contributed by atoms with Gasteiger partial charge in [-0.15, -0.1) is 0 Å². The molecule has 0 aliphatic carbocycles. The summed E-state index contributed by atoms with van der Waals surface area (Å²) in [6.07, 6.45) is 2.78. The maximum Gasteiger partial charge on any atom is 0.303 e. The van der Waals surface area contributed by atoms with E-state index in [-0.39, 0.29) is 17.2 Å². The Kier molecular flexibility index (Phi) is 6.01. The summed E-state index contributed by atoms with van der Waals surface area (Å²) in [6, 6.07) is 6.78. The molecule has 0 saturated heterocycles. The predicted molar refractivity (Wildman–Crippen MR) is 78.7 cm³/mol. The molecule has 6 heteroatoms. The van der Waals surface area contributed by atoms with E-state index in [0.717, 1.165) is 6.42 Å². The van der Waals surface area contributed by atoms with Crippen molar-refractivity contribution in [3.8, 4) is 0 Å². The molecular weight excluding hydrogens is 278 g/mol. The SMILES string of the molecule is CC(CCNc1ccccc1S(C)(=O)=O)CCC(=O)O. The number of hydrogen-bond acceptors (Lipinski definition) is 4. The smallest absolute Gasteiger partial charge is 0.303 e. The summed E-state index contributed by atoms with van der Waals surface area (Å²) in [5, 5.41) is 11.7. The van der Waals surface area contributed by atoms with E-state index in [1.54, 1.807) is 24.3 Å². The Morgan fingerprint density at radius 1 is 1.30 bits per heavy atom. The average Bonchev–Trinajstić information content (AvgIpc) is 2.36. The zero-order valence-corrected chi connectivity index (χ0v) is 12.6. The van der Waals surface area contributed by atoms with Gasteiger partial charge < -0.3 is 10.4 Å². The van der Waals surface area contributed by atoms with Crippen LogP contribution < -0.4 is 5.32 Å². The van der Waals surface area contributed by atoms with Crippen molar-refractivity contribution in [2.75, 3.05) is 18.1 Å². The van der Waals surface area contributed by atoms with E-state index in [1.807, 2.05) is 6.92 Å². The first-order valence-corrected chi connectivity index (χ1v) is 8.44. The number of aliphatic carboxylic acids is 1. The largest absolute Gasteiger partial charge is 0.481 e. The lowest BCUT2D eigenvalue weighted by molar-refractivity contribution is -0.137. The van der Waals surface area contributed by atoms with Crippen LogP contribution in [0.25, 0.3) is 0 Å². The second-order valence-corrected chi connectivity index (χ2v) is 7.01. The number of hydrogen-bond donors (Lipinski definition) is 2. The standard InChI is InChI=1S/C14H21NO4S/c1-11(7-8-14(16)17)9-10-15-12-5-3-4-6-13(12)20(2,18)19/h3-6,11,15H,7-10H2,1-2H3,(H,16,17). The molecule has 20 heavy (non-hydrogen) atoms. The van der Waals surface area contributed by atoms with E-state index >= 15 is 0 Å². The number of carboxylic acid groups (broad SMARTS) is 1. The zero-order valence-electron chi connectivity index (χ0n) is 11.8. The molecule has 0 amide bonds. The molecule has 1 rings (SSSR count). The van der Waals surface area contributed by atoms with Crippen LogP contribution in [0.15, 0.2) is 29.2 Å². The quantitative estimate of drug-likeness (QED) is 0.770. The third kappa shape index (κ3) is 5.61. The zero-order chi connectivity index (χ0) is 15.2. The van der Waals surface area contributed by atoms with Gasteiger partial charge in [0.15, 0.2) is 9.84 Å². The van der Waals surface area contributed by atoms with Crippen LogP contribution in [0, 0.1) is 5.92 Å². The van der Waals surface area contributed by atoms with Crippen LogP contribution in [0.1, 0.15) is 26.2 Å². The average molecular weight is 299 g/mol. The summed E-state index contributed by atoms with van der Waals surface area (Å²) in [5.74, 6) is -0.503. The summed E-state index contributed by atoms with van der Waals surface area (Å²) >= 11 is 0. The molecule has 1 aromatic rings. The molecule has 0 aromatic heterocycles. The van der Waals surface area contributed by atoms with Crippen molar-refractivity contribution in [2.24, 2.45) is 5.92 Å². The van der Waals surface area contributed by atoms with Crippen LogP contribution >= 0.6 is 0 Å². The van der Waals surface area contributed by atoms with Gasteiger partial charge >= 0.3 is 5.97 Å². The van der Waals surface area contributed by atoms with Crippen molar-refractivity contribution in [1.29, 1.82) is 0 Å². The highest BCUT2D eigenvalue weighted by Gasteiger charge is 2.12. The molecule has 1 aromatic carbocycles. The summed E-state index contributed by atoms with van der Waals surface area (Å²) in [6.45, 7) is 2.61. The van der Waals surface area contributed by atoms with Gasteiger partial charge in [0, 0.05) is 19.2 Å². The maximum atomic E-state index is 11.6. The molecule has 0 heterocycles. The molecule has 1 unspecified atom stereocenters. The lowest BCUT2D eigenvalue weighted by Gasteiger charge is -2.13. The highest BCUT2D eigenvalue weighted by atomic mass is 32.2. The molecule has 0 aliphatic rings. The summed E-state index contributed by atoms with van der Waals surface area (Å²) in [7, 11) is -3.25. The summed E-state index contributed by atoms with van der Waals surface area (Å²) < 4.78 is 23.2. The van der Waals surface area contributed by atoms with Gasteiger partial charge in [-0.3, -0.25) is 4.79 Å². The van der Waals surface area contributed by atoms with Gasteiger partial charge in [0.2, 0.25) is 0 Å². The van der Waals surface area contributed by atoms with Crippen molar-refractivity contribution in [1.82, 2.24) is 0 Å². The fourth-order valence-electron chi connectivity index (χ4n) is 1.90. The fourth-order valence-corrected chi connectivity index (χ4v) is 2.77. The van der Waals surface area contributed by atoms with E-state index in [2.05, 4.69) is 5.32 Å². The van der Waals surface area contributed by atoms with E-state index in [9.17, 15) is 13.2 Å². The van der Waals surface area contributed by atoms with Gasteiger partial charge in [-0.05, 0) is 30.9 Å². The third-order valence-corrected chi connectivity index (χ3v) is 4.25. The highest BCUT2D eigenvalue weighted by Crippen LogP contribution is 2.21. The summed E-state index contributed by atoms with van der Waals surface area (Å²) in [4.78, 5) is 10.8. The number of anilines is 1. The number of para-hydroxylation sites is 1. The van der Waals surface area contributed by atoms with Crippen molar-refractivity contribution < 1.29 is 18.3 Å². The van der Waals surface area contributed by atoms with Crippen molar-refractivity contribution >= 4 is 21.5 Å². The molecule has 0 saturated carbocycles. The monoisotopic (exact) mass is 299 g/mol. The number of carboxylic acids is 1. The van der Waals surface area contributed by atoms with Gasteiger partial charge in [0.1, 0.15) is 0 Å². The first-order chi connectivity index (χ1) is 9.30. The second kappa shape index (κ2) is 7.28. The van der Waals surface area contributed by atoms with Crippen molar-refractivity contribution in [3.63, 3.8) is 0 Å². The Morgan fingerprint density at radius 3 is 2.55 bits per heavy atom. The number of nitrogens with one attached hydrogen (secondary N) is 1. The maximum absolute atomic E-state index is 11.6. The lowest BCUT2D eigenvalue weighted by atomic mass is 10.0. The molecule has 0 aliphatic heterocycles. The fraction of sp³-hybridized carbons (Fsp3) is 0.500. The predicted octanol–water partition coefficient (Wildman–Crippen LogP) is 2.39. The van der Waals surface area contributed by atoms with Gasteiger partial charge in [-0.25, -0.2) is 8.42 Å².